The van der Waals surface area contributed by atoms with Gasteiger partial charge in [0, 0.05) is 35.7 Å². The number of aryl methyl sites for hydroxylation is 2. The summed E-state index contributed by atoms with van der Waals surface area (Å²) < 4.78 is 0. The molecule has 0 amide bonds. The van der Waals surface area contributed by atoms with Crippen molar-refractivity contribution < 1.29 is 0 Å². The molecule has 2 aromatic heterocycles. The summed E-state index contributed by atoms with van der Waals surface area (Å²) in [4.78, 5) is 13.4. The Morgan fingerprint density at radius 1 is 1.20 bits per heavy atom. The summed E-state index contributed by atoms with van der Waals surface area (Å²) in [5.74, 6) is 0.659. The first-order valence-electron chi connectivity index (χ1n) is 6.83. The molecule has 1 saturated carbocycles. The Hall–Kier alpha value is -1.52. The molecule has 0 saturated heterocycles. The molecule has 4 nitrogen and oxygen atoms in total. The van der Waals surface area contributed by atoms with E-state index in [0.717, 1.165) is 23.6 Å². The third-order valence-electron chi connectivity index (χ3n) is 3.52. The van der Waals surface area contributed by atoms with Crippen LogP contribution in [0.2, 0.25) is 5.02 Å². The zero-order valence-corrected chi connectivity index (χ0v) is 12.4. The van der Waals surface area contributed by atoms with Gasteiger partial charge < -0.3 is 5.32 Å². The number of rotatable bonds is 4. The fourth-order valence-corrected chi connectivity index (χ4v) is 2.26. The summed E-state index contributed by atoms with van der Waals surface area (Å²) >= 11 is 5.85. The molecule has 3 rings (SSSR count). The maximum absolute atomic E-state index is 5.85. The van der Waals surface area contributed by atoms with Crippen molar-refractivity contribution in [3.8, 4) is 11.5 Å². The summed E-state index contributed by atoms with van der Waals surface area (Å²) in [7, 11) is 0. The SMILES string of the molecule is Cc1nc(-c2ccc(Cl)cn2)nc(C)c1CNC1CC1. The largest absolute Gasteiger partial charge is 0.310 e. The van der Waals surface area contributed by atoms with Crippen molar-refractivity contribution in [2.75, 3.05) is 0 Å². The van der Waals surface area contributed by atoms with Crippen LogP contribution in [0.4, 0.5) is 0 Å². The van der Waals surface area contributed by atoms with Gasteiger partial charge in [-0.1, -0.05) is 11.6 Å². The van der Waals surface area contributed by atoms with Crippen LogP contribution in [0.5, 0.6) is 0 Å². The number of pyridine rings is 1. The highest BCUT2D eigenvalue weighted by Crippen LogP contribution is 2.22. The smallest absolute Gasteiger partial charge is 0.178 e. The van der Waals surface area contributed by atoms with E-state index in [0.29, 0.717) is 16.9 Å². The number of halogens is 1. The van der Waals surface area contributed by atoms with Gasteiger partial charge in [-0.25, -0.2) is 9.97 Å². The third kappa shape index (κ3) is 2.97. The molecule has 0 aliphatic heterocycles. The minimum atomic E-state index is 0.618. The molecule has 0 bridgehead atoms. The van der Waals surface area contributed by atoms with E-state index < -0.39 is 0 Å². The Bertz CT molecular complexity index is 597. The molecule has 2 heterocycles. The molecule has 104 valence electrons. The van der Waals surface area contributed by atoms with Gasteiger partial charge in [0.15, 0.2) is 5.82 Å². The molecule has 0 radical (unpaired) electrons. The van der Waals surface area contributed by atoms with Crippen LogP contribution in [0.15, 0.2) is 18.3 Å². The van der Waals surface area contributed by atoms with Gasteiger partial charge in [0.1, 0.15) is 5.69 Å². The van der Waals surface area contributed by atoms with Crippen LogP contribution in [0.3, 0.4) is 0 Å². The maximum atomic E-state index is 5.85. The van der Waals surface area contributed by atoms with Crippen molar-refractivity contribution in [1.82, 2.24) is 20.3 Å². The van der Waals surface area contributed by atoms with Crippen LogP contribution >= 0.6 is 11.6 Å². The minimum absolute atomic E-state index is 0.618. The van der Waals surface area contributed by atoms with Gasteiger partial charge in [-0.15, -0.1) is 0 Å². The van der Waals surface area contributed by atoms with Gasteiger partial charge in [0.05, 0.1) is 5.02 Å². The first kappa shape index (κ1) is 13.5. The highest BCUT2D eigenvalue weighted by Gasteiger charge is 2.21. The molecule has 1 N–H and O–H groups in total. The Balaban J connectivity index is 1.87. The molecular weight excluding hydrogens is 272 g/mol. The van der Waals surface area contributed by atoms with Gasteiger partial charge in [-0.3, -0.25) is 4.98 Å². The van der Waals surface area contributed by atoms with Crippen molar-refractivity contribution in [1.29, 1.82) is 0 Å². The van der Waals surface area contributed by atoms with Crippen LogP contribution in [0.1, 0.15) is 29.8 Å². The highest BCUT2D eigenvalue weighted by atomic mass is 35.5. The Morgan fingerprint density at radius 2 is 1.90 bits per heavy atom. The normalized spacial score (nSPS) is 14.6. The van der Waals surface area contributed by atoms with E-state index in [1.807, 2.05) is 19.9 Å². The molecule has 1 aliphatic carbocycles. The molecule has 0 atom stereocenters. The zero-order valence-electron chi connectivity index (χ0n) is 11.7. The highest BCUT2D eigenvalue weighted by molar-refractivity contribution is 6.30. The molecule has 0 spiro atoms. The summed E-state index contributed by atoms with van der Waals surface area (Å²) in [5.41, 5.74) is 3.96. The van der Waals surface area contributed by atoms with E-state index in [1.165, 1.54) is 18.4 Å². The predicted octanol–water partition coefficient (Wildman–Crippen LogP) is 3.06. The summed E-state index contributed by atoms with van der Waals surface area (Å²) in [5, 5.41) is 4.13. The maximum Gasteiger partial charge on any atom is 0.178 e. The standard InChI is InChI=1S/C15H17ClN4/c1-9-13(8-17-12-4-5-12)10(2)20-15(19-9)14-6-3-11(16)7-18-14/h3,6-7,12,17H,4-5,8H2,1-2H3. The number of hydrogen-bond donors (Lipinski definition) is 1. The van der Waals surface area contributed by atoms with Crippen LogP contribution < -0.4 is 5.32 Å². The first-order chi connectivity index (χ1) is 9.63. The van der Waals surface area contributed by atoms with Gasteiger partial charge in [0.2, 0.25) is 0 Å². The molecule has 2 aromatic rings. The fourth-order valence-electron chi connectivity index (χ4n) is 2.15. The van der Waals surface area contributed by atoms with E-state index in [-0.39, 0.29) is 0 Å². The van der Waals surface area contributed by atoms with E-state index in [1.54, 1.807) is 12.3 Å². The predicted molar refractivity (Wildman–Crippen MR) is 79.6 cm³/mol. The van der Waals surface area contributed by atoms with E-state index >= 15 is 0 Å². The summed E-state index contributed by atoms with van der Waals surface area (Å²) in [6, 6.07) is 4.34. The Kier molecular flexibility index (Phi) is 3.68. The van der Waals surface area contributed by atoms with Crippen molar-refractivity contribution >= 4 is 11.6 Å². The molecule has 1 aliphatic rings. The molecule has 0 aromatic carbocycles. The van der Waals surface area contributed by atoms with Crippen LogP contribution in [0.25, 0.3) is 11.5 Å². The van der Waals surface area contributed by atoms with Crippen LogP contribution in [0, 0.1) is 13.8 Å². The quantitative estimate of drug-likeness (QED) is 0.939. The lowest BCUT2D eigenvalue weighted by Gasteiger charge is -2.11. The van der Waals surface area contributed by atoms with Gasteiger partial charge >= 0.3 is 0 Å². The minimum Gasteiger partial charge on any atom is -0.310 e. The lowest BCUT2D eigenvalue weighted by Crippen LogP contribution is -2.18. The molecule has 5 heteroatoms. The lowest BCUT2D eigenvalue weighted by atomic mass is 10.1. The van der Waals surface area contributed by atoms with Crippen LogP contribution in [-0.2, 0) is 6.54 Å². The first-order valence-corrected chi connectivity index (χ1v) is 7.20. The molecule has 1 fully saturated rings. The third-order valence-corrected chi connectivity index (χ3v) is 3.75. The number of hydrogen-bond acceptors (Lipinski definition) is 4. The fraction of sp³-hybridized carbons (Fsp3) is 0.400. The second-order valence-corrected chi connectivity index (χ2v) is 5.65. The molecule has 20 heavy (non-hydrogen) atoms. The average molecular weight is 289 g/mol. The van der Waals surface area contributed by atoms with E-state index in [9.17, 15) is 0 Å². The van der Waals surface area contributed by atoms with E-state index in [2.05, 4.69) is 20.3 Å². The second-order valence-electron chi connectivity index (χ2n) is 5.21. The molecular formula is C15H17ClN4. The summed E-state index contributed by atoms with van der Waals surface area (Å²) in [6.45, 7) is 4.90. The Morgan fingerprint density at radius 3 is 2.45 bits per heavy atom. The second kappa shape index (κ2) is 5.46. The van der Waals surface area contributed by atoms with Crippen LogP contribution in [-0.4, -0.2) is 21.0 Å². The van der Waals surface area contributed by atoms with Crippen molar-refractivity contribution in [3.05, 3.63) is 40.3 Å². The topological polar surface area (TPSA) is 50.7 Å². The number of aromatic nitrogens is 3. The lowest BCUT2D eigenvalue weighted by molar-refractivity contribution is 0.675. The van der Waals surface area contributed by atoms with Crippen molar-refractivity contribution in [2.24, 2.45) is 0 Å². The Labute approximate surface area is 123 Å². The van der Waals surface area contributed by atoms with Crippen molar-refractivity contribution in [2.45, 2.75) is 39.3 Å². The molecule has 0 unspecified atom stereocenters. The summed E-state index contributed by atoms with van der Waals surface area (Å²) in [6.07, 6.45) is 4.19. The number of nitrogens with zero attached hydrogens (tertiary/aromatic N) is 3. The monoisotopic (exact) mass is 288 g/mol. The van der Waals surface area contributed by atoms with Gasteiger partial charge in [-0.2, -0.15) is 0 Å². The number of nitrogens with one attached hydrogen (secondary N) is 1. The van der Waals surface area contributed by atoms with Gasteiger partial charge in [0.25, 0.3) is 0 Å². The zero-order chi connectivity index (χ0) is 14.1. The van der Waals surface area contributed by atoms with Gasteiger partial charge in [-0.05, 0) is 38.8 Å². The van der Waals surface area contributed by atoms with Crippen molar-refractivity contribution in [3.63, 3.8) is 0 Å². The average Bonchev–Trinajstić information content (AvgIpc) is 3.22. The van der Waals surface area contributed by atoms with E-state index in [4.69, 9.17) is 11.6 Å².